The first-order valence-electron chi connectivity index (χ1n) is 7.16. The Morgan fingerprint density at radius 3 is 2.65 bits per heavy atom. The zero-order valence-electron chi connectivity index (χ0n) is 13.0. The van der Waals surface area contributed by atoms with Crippen LogP contribution in [0, 0.1) is 20.8 Å². The van der Waals surface area contributed by atoms with E-state index >= 15 is 0 Å². The average Bonchev–Trinajstić information content (AvgIpc) is 2.40. The third-order valence-electron chi connectivity index (χ3n) is 3.28. The number of carbonyl (C=O) groups is 1. The van der Waals surface area contributed by atoms with E-state index in [0.717, 1.165) is 24.3 Å². The van der Waals surface area contributed by atoms with Crippen molar-refractivity contribution in [3.8, 4) is 5.75 Å². The topological polar surface area (TPSA) is 50.4 Å². The Hall–Kier alpha value is -1.55. The number of hydrogen-bond donors (Lipinski definition) is 2. The molecule has 0 bridgehead atoms. The van der Waals surface area contributed by atoms with Crippen molar-refractivity contribution in [3.05, 3.63) is 28.8 Å². The Morgan fingerprint density at radius 2 is 1.95 bits per heavy atom. The monoisotopic (exact) mass is 278 g/mol. The van der Waals surface area contributed by atoms with Crippen LogP contribution >= 0.6 is 0 Å². The summed E-state index contributed by atoms with van der Waals surface area (Å²) in [5.74, 6) is 0.925. The molecule has 0 heterocycles. The first kappa shape index (κ1) is 16.5. The third-order valence-corrected chi connectivity index (χ3v) is 3.28. The summed E-state index contributed by atoms with van der Waals surface area (Å²) >= 11 is 0. The van der Waals surface area contributed by atoms with Crippen LogP contribution in [-0.4, -0.2) is 32.7 Å². The fourth-order valence-electron chi connectivity index (χ4n) is 1.99. The first-order chi connectivity index (χ1) is 9.54. The van der Waals surface area contributed by atoms with E-state index in [4.69, 9.17) is 4.74 Å². The zero-order chi connectivity index (χ0) is 15.0. The number of rotatable bonds is 8. The van der Waals surface area contributed by atoms with Gasteiger partial charge in [-0.3, -0.25) is 4.79 Å². The van der Waals surface area contributed by atoms with Gasteiger partial charge in [-0.1, -0.05) is 6.07 Å². The molecule has 0 aromatic heterocycles. The van der Waals surface area contributed by atoms with Crippen LogP contribution < -0.4 is 15.4 Å². The average molecular weight is 278 g/mol. The molecule has 0 aliphatic carbocycles. The highest BCUT2D eigenvalue weighted by molar-refractivity contribution is 5.75. The Labute approximate surface area is 121 Å². The van der Waals surface area contributed by atoms with Gasteiger partial charge in [0.1, 0.15) is 5.75 Å². The van der Waals surface area contributed by atoms with E-state index < -0.39 is 0 Å². The van der Waals surface area contributed by atoms with E-state index in [2.05, 4.69) is 23.6 Å². The number of amides is 1. The van der Waals surface area contributed by atoms with Crippen LogP contribution in [0.2, 0.25) is 0 Å². The van der Waals surface area contributed by atoms with Crippen LogP contribution in [0.25, 0.3) is 0 Å². The second-order valence-electron chi connectivity index (χ2n) is 5.11. The van der Waals surface area contributed by atoms with Crippen molar-refractivity contribution in [2.75, 3.05) is 26.7 Å². The summed E-state index contributed by atoms with van der Waals surface area (Å²) in [7, 11) is 1.90. The maximum Gasteiger partial charge on any atom is 0.223 e. The SMILES string of the molecule is CNCCCNC(=O)CCOc1cc(C)cc(C)c1C. The normalized spacial score (nSPS) is 10.4. The standard InChI is InChI=1S/C16H26N2O2/c1-12-10-13(2)14(3)15(11-12)20-9-6-16(19)18-8-5-7-17-4/h10-11,17H,5-9H2,1-4H3,(H,18,19). The van der Waals surface area contributed by atoms with Gasteiger partial charge >= 0.3 is 0 Å². The molecule has 0 saturated heterocycles. The van der Waals surface area contributed by atoms with Crippen molar-refractivity contribution in [2.45, 2.75) is 33.6 Å². The van der Waals surface area contributed by atoms with Gasteiger partial charge in [-0.15, -0.1) is 0 Å². The van der Waals surface area contributed by atoms with Crippen molar-refractivity contribution < 1.29 is 9.53 Å². The van der Waals surface area contributed by atoms with E-state index in [0.29, 0.717) is 19.6 Å². The van der Waals surface area contributed by atoms with Crippen molar-refractivity contribution in [2.24, 2.45) is 0 Å². The smallest absolute Gasteiger partial charge is 0.223 e. The fraction of sp³-hybridized carbons (Fsp3) is 0.562. The predicted molar refractivity (Wildman–Crippen MR) is 82.3 cm³/mol. The molecule has 1 aromatic carbocycles. The molecule has 0 atom stereocenters. The van der Waals surface area contributed by atoms with Gasteiger partial charge in [-0.05, 0) is 63.5 Å². The molecule has 2 N–H and O–H groups in total. The molecule has 1 amide bonds. The minimum Gasteiger partial charge on any atom is -0.493 e. The molecule has 112 valence electrons. The van der Waals surface area contributed by atoms with Crippen molar-refractivity contribution in [1.82, 2.24) is 10.6 Å². The van der Waals surface area contributed by atoms with Crippen molar-refractivity contribution in [1.29, 1.82) is 0 Å². The van der Waals surface area contributed by atoms with Gasteiger partial charge in [0.05, 0.1) is 13.0 Å². The number of carbonyl (C=O) groups excluding carboxylic acids is 1. The molecule has 0 saturated carbocycles. The summed E-state index contributed by atoms with van der Waals surface area (Å²) in [5, 5.41) is 5.93. The Balaban J connectivity index is 2.32. The lowest BCUT2D eigenvalue weighted by Crippen LogP contribution is -2.27. The van der Waals surface area contributed by atoms with Crippen LogP contribution in [0.3, 0.4) is 0 Å². The van der Waals surface area contributed by atoms with Gasteiger partial charge in [-0.25, -0.2) is 0 Å². The molecule has 0 radical (unpaired) electrons. The lowest BCUT2D eigenvalue weighted by atomic mass is 10.1. The lowest BCUT2D eigenvalue weighted by Gasteiger charge is -2.12. The summed E-state index contributed by atoms with van der Waals surface area (Å²) in [6.07, 6.45) is 1.34. The Bertz CT molecular complexity index is 444. The van der Waals surface area contributed by atoms with Crippen LogP contribution in [0.1, 0.15) is 29.5 Å². The number of hydrogen-bond acceptors (Lipinski definition) is 3. The summed E-state index contributed by atoms with van der Waals surface area (Å²) in [6.45, 7) is 8.21. The Kier molecular flexibility index (Phi) is 7.09. The van der Waals surface area contributed by atoms with Gasteiger partial charge in [0.15, 0.2) is 0 Å². The molecule has 0 fully saturated rings. The minimum absolute atomic E-state index is 0.0446. The minimum atomic E-state index is 0.0446. The van der Waals surface area contributed by atoms with Gasteiger partial charge < -0.3 is 15.4 Å². The lowest BCUT2D eigenvalue weighted by molar-refractivity contribution is -0.121. The molecule has 4 nitrogen and oxygen atoms in total. The van der Waals surface area contributed by atoms with Gasteiger partial charge in [0.2, 0.25) is 5.91 Å². The predicted octanol–water partition coefficient (Wildman–Crippen LogP) is 2.11. The molecule has 4 heteroatoms. The van der Waals surface area contributed by atoms with Crippen LogP contribution in [0.5, 0.6) is 5.75 Å². The molecule has 1 aromatic rings. The summed E-state index contributed by atoms with van der Waals surface area (Å²) in [5.41, 5.74) is 3.54. The maximum absolute atomic E-state index is 11.6. The highest BCUT2D eigenvalue weighted by Gasteiger charge is 2.05. The molecule has 0 unspecified atom stereocenters. The van der Waals surface area contributed by atoms with Gasteiger partial charge in [0.25, 0.3) is 0 Å². The number of nitrogens with one attached hydrogen (secondary N) is 2. The zero-order valence-corrected chi connectivity index (χ0v) is 13.0. The van der Waals surface area contributed by atoms with E-state index in [1.165, 1.54) is 11.1 Å². The summed E-state index contributed by atoms with van der Waals surface area (Å²) in [6, 6.07) is 4.16. The van der Waals surface area contributed by atoms with Crippen molar-refractivity contribution in [3.63, 3.8) is 0 Å². The van der Waals surface area contributed by atoms with E-state index in [9.17, 15) is 4.79 Å². The molecule has 0 aliphatic rings. The first-order valence-corrected chi connectivity index (χ1v) is 7.16. The largest absolute Gasteiger partial charge is 0.493 e. The van der Waals surface area contributed by atoms with Crippen molar-refractivity contribution >= 4 is 5.91 Å². The van der Waals surface area contributed by atoms with E-state index in [-0.39, 0.29) is 5.91 Å². The molecule has 0 aliphatic heterocycles. The molecule has 0 spiro atoms. The number of ether oxygens (including phenoxy) is 1. The van der Waals surface area contributed by atoms with Crippen LogP contribution in [-0.2, 0) is 4.79 Å². The Morgan fingerprint density at radius 1 is 1.20 bits per heavy atom. The number of benzene rings is 1. The highest BCUT2D eigenvalue weighted by Crippen LogP contribution is 2.23. The molecule has 20 heavy (non-hydrogen) atoms. The summed E-state index contributed by atoms with van der Waals surface area (Å²) in [4.78, 5) is 11.6. The van der Waals surface area contributed by atoms with Crippen LogP contribution in [0.4, 0.5) is 0 Å². The van der Waals surface area contributed by atoms with Gasteiger partial charge in [-0.2, -0.15) is 0 Å². The van der Waals surface area contributed by atoms with E-state index in [1.54, 1.807) is 0 Å². The van der Waals surface area contributed by atoms with Gasteiger partial charge in [0, 0.05) is 6.54 Å². The highest BCUT2D eigenvalue weighted by atomic mass is 16.5. The second kappa shape index (κ2) is 8.59. The third kappa shape index (κ3) is 5.61. The summed E-state index contributed by atoms with van der Waals surface area (Å²) < 4.78 is 5.72. The van der Waals surface area contributed by atoms with Crippen LogP contribution in [0.15, 0.2) is 12.1 Å². The molecular weight excluding hydrogens is 252 g/mol. The molecular formula is C16H26N2O2. The number of aryl methyl sites for hydroxylation is 2. The molecule has 1 rings (SSSR count). The maximum atomic E-state index is 11.6. The second-order valence-corrected chi connectivity index (χ2v) is 5.11. The quantitative estimate of drug-likeness (QED) is 0.716. The van der Waals surface area contributed by atoms with E-state index in [1.807, 2.05) is 27.0 Å². The fourth-order valence-corrected chi connectivity index (χ4v) is 1.99.